The number of piperidine rings is 1. The van der Waals surface area contributed by atoms with Gasteiger partial charge in [-0.15, -0.1) is 0 Å². The van der Waals surface area contributed by atoms with Crippen LogP contribution >= 0.6 is 0 Å². The summed E-state index contributed by atoms with van der Waals surface area (Å²) in [5.41, 5.74) is 2.34. The van der Waals surface area contributed by atoms with Gasteiger partial charge in [0.25, 0.3) is 0 Å². The average Bonchev–Trinajstić information content (AvgIpc) is 2.49. The number of nitrogens with one attached hydrogen (secondary N) is 1. The topological polar surface area (TPSA) is 35.5 Å². The Hall–Kier alpha value is -0.900. The lowest BCUT2D eigenvalue weighted by Gasteiger charge is -2.32. The van der Waals surface area contributed by atoms with Crippen LogP contribution in [0.4, 0.5) is 0 Å². The van der Waals surface area contributed by atoms with Crippen molar-refractivity contribution in [2.24, 2.45) is 11.8 Å². The first-order valence-corrected chi connectivity index (χ1v) is 8.29. The van der Waals surface area contributed by atoms with Gasteiger partial charge in [-0.2, -0.15) is 0 Å². The zero-order valence-corrected chi connectivity index (χ0v) is 13.5. The molecule has 0 bridgehead atoms. The number of rotatable bonds is 7. The Labute approximate surface area is 129 Å². The Morgan fingerprint density at radius 3 is 2.33 bits per heavy atom. The van der Waals surface area contributed by atoms with E-state index in [4.69, 9.17) is 5.11 Å². The molecule has 0 atom stereocenters. The van der Waals surface area contributed by atoms with E-state index in [9.17, 15) is 0 Å². The second-order valence-corrected chi connectivity index (χ2v) is 6.75. The van der Waals surface area contributed by atoms with Crippen LogP contribution in [0.3, 0.4) is 0 Å². The number of likely N-dealkylation sites (tertiary alicyclic amines) is 1. The molecule has 1 aromatic rings. The summed E-state index contributed by atoms with van der Waals surface area (Å²) in [7, 11) is 0. The molecule has 0 spiro atoms. The number of aliphatic hydroxyl groups excluding tert-OH is 1. The molecule has 1 fully saturated rings. The zero-order valence-electron chi connectivity index (χ0n) is 13.5. The molecule has 2 N–H and O–H groups in total. The van der Waals surface area contributed by atoms with Gasteiger partial charge in [0.1, 0.15) is 0 Å². The quantitative estimate of drug-likeness (QED) is 0.810. The number of benzene rings is 1. The normalized spacial score (nSPS) is 17.5. The van der Waals surface area contributed by atoms with E-state index in [1.165, 1.54) is 38.0 Å². The minimum absolute atomic E-state index is 0.134. The minimum Gasteiger partial charge on any atom is -0.392 e. The summed E-state index contributed by atoms with van der Waals surface area (Å²) in [4.78, 5) is 2.55. The third-order valence-electron chi connectivity index (χ3n) is 4.30. The fourth-order valence-electron chi connectivity index (χ4n) is 2.93. The Morgan fingerprint density at radius 1 is 1.14 bits per heavy atom. The lowest BCUT2D eigenvalue weighted by molar-refractivity contribution is 0.175. The van der Waals surface area contributed by atoms with E-state index in [1.807, 2.05) is 12.1 Å². The van der Waals surface area contributed by atoms with Crippen LogP contribution in [-0.4, -0.2) is 36.2 Å². The largest absolute Gasteiger partial charge is 0.392 e. The van der Waals surface area contributed by atoms with Gasteiger partial charge in [0, 0.05) is 6.54 Å². The minimum atomic E-state index is 0.134. The molecular formula is C18H30N2O. The number of aliphatic hydroxyl groups is 1. The second kappa shape index (κ2) is 8.52. The molecule has 0 saturated carbocycles. The predicted octanol–water partition coefficient (Wildman–Crippen LogP) is 2.64. The highest BCUT2D eigenvalue weighted by Crippen LogP contribution is 2.18. The molecule has 0 amide bonds. The van der Waals surface area contributed by atoms with Crippen molar-refractivity contribution in [2.75, 3.05) is 26.2 Å². The molecule has 1 aromatic carbocycles. The van der Waals surface area contributed by atoms with E-state index in [2.05, 4.69) is 36.2 Å². The summed E-state index contributed by atoms with van der Waals surface area (Å²) in [6, 6.07) is 8.33. The van der Waals surface area contributed by atoms with E-state index in [1.54, 1.807) is 0 Å². The standard InChI is InChI=1S/C18H30N2O/c1-15(2)11-19-12-16-7-9-20(10-8-16)13-17-3-5-18(14-21)6-4-17/h3-6,15-16,19,21H,7-14H2,1-2H3. The first kappa shape index (κ1) is 16.5. The maximum absolute atomic E-state index is 9.07. The van der Waals surface area contributed by atoms with E-state index in [0.717, 1.165) is 30.5 Å². The van der Waals surface area contributed by atoms with E-state index in [-0.39, 0.29) is 6.61 Å². The van der Waals surface area contributed by atoms with Crippen LogP contribution in [0.2, 0.25) is 0 Å². The van der Waals surface area contributed by atoms with Crippen molar-refractivity contribution < 1.29 is 5.11 Å². The lowest BCUT2D eigenvalue weighted by Crippen LogP contribution is -2.37. The second-order valence-electron chi connectivity index (χ2n) is 6.75. The van der Waals surface area contributed by atoms with Gasteiger partial charge in [-0.25, -0.2) is 0 Å². The van der Waals surface area contributed by atoms with Crippen LogP contribution in [0.5, 0.6) is 0 Å². The third kappa shape index (κ3) is 5.77. The molecular weight excluding hydrogens is 260 g/mol. The fourth-order valence-corrected chi connectivity index (χ4v) is 2.93. The summed E-state index contributed by atoms with van der Waals surface area (Å²) in [6.07, 6.45) is 2.61. The highest BCUT2D eigenvalue weighted by atomic mass is 16.3. The van der Waals surface area contributed by atoms with Gasteiger partial charge in [0.2, 0.25) is 0 Å². The molecule has 118 valence electrons. The van der Waals surface area contributed by atoms with Crippen molar-refractivity contribution in [1.29, 1.82) is 0 Å². The van der Waals surface area contributed by atoms with E-state index in [0.29, 0.717) is 0 Å². The number of nitrogens with zero attached hydrogens (tertiary/aromatic N) is 1. The maximum Gasteiger partial charge on any atom is 0.0681 e. The molecule has 1 aliphatic rings. The summed E-state index contributed by atoms with van der Waals surface area (Å²) in [5, 5.41) is 12.7. The third-order valence-corrected chi connectivity index (χ3v) is 4.30. The first-order valence-electron chi connectivity index (χ1n) is 8.29. The van der Waals surface area contributed by atoms with E-state index >= 15 is 0 Å². The molecule has 3 nitrogen and oxygen atoms in total. The maximum atomic E-state index is 9.07. The van der Waals surface area contributed by atoms with Gasteiger partial charge >= 0.3 is 0 Å². The van der Waals surface area contributed by atoms with Gasteiger partial charge in [0.15, 0.2) is 0 Å². The predicted molar refractivity (Wildman–Crippen MR) is 88.1 cm³/mol. The van der Waals surface area contributed by atoms with Crippen LogP contribution in [0, 0.1) is 11.8 Å². The molecule has 2 rings (SSSR count). The molecule has 1 heterocycles. The molecule has 0 radical (unpaired) electrons. The Bertz CT molecular complexity index is 394. The first-order chi connectivity index (χ1) is 10.2. The van der Waals surface area contributed by atoms with Gasteiger partial charge in [-0.1, -0.05) is 38.1 Å². The molecule has 0 aliphatic carbocycles. The van der Waals surface area contributed by atoms with E-state index < -0.39 is 0 Å². The molecule has 21 heavy (non-hydrogen) atoms. The highest BCUT2D eigenvalue weighted by Gasteiger charge is 2.18. The number of hydrogen-bond donors (Lipinski definition) is 2. The van der Waals surface area contributed by atoms with Crippen molar-refractivity contribution >= 4 is 0 Å². The van der Waals surface area contributed by atoms with Gasteiger partial charge < -0.3 is 10.4 Å². The smallest absolute Gasteiger partial charge is 0.0681 e. The Kier molecular flexibility index (Phi) is 6.68. The molecule has 0 unspecified atom stereocenters. The zero-order chi connectivity index (χ0) is 15.1. The van der Waals surface area contributed by atoms with Crippen molar-refractivity contribution in [3.8, 4) is 0 Å². The van der Waals surface area contributed by atoms with Crippen molar-refractivity contribution in [2.45, 2.75) is 39.8 Å². The van der Waals surface area contributed by atoms with Gasteiger partial charge in [0.05, 0.1) is 6.61 Å². The number of hydrogen-bond acceptors (Lipinski definition) is 3. The molecule has 3 heteroatoms. The highest BCUT2D eigenvalue weighted by molar-refractivity contribution is 5.21. The van der Waals surface area contributed by atoms with Crippen molar-refractivity contribution in [3.63, 3.8) is 0 Å². The molecule has 1 aliphatic heterocycles. The summed E-state index contributed by atoms with van der Waals surface area (Å²) < 4.78 is 0. The summed E-state index contributed by atoms with van der Waals surface area (Å²) in [6.45, 7) is 10.4. The van der Waals surface area contributed by atoms with Crippen LogP contribution in [0.25, 0.3) is 0 Å². The van der Waals surface area contributed by atoms with Crippen LogP contribution in [0.15, 0.2) is 24.3 Å². The van der Waals surface area contributed by atoms with Crippen LogP contribution < -0.4 is 5.32 Å². The SMILES string of the molecule is CC(C)CNCC1CCN(Cc2ccc(CO)cc2)CC1. The molecule has 1 saturated heterocycles. The lowest BCUT2D eigenvalue weighted by atomic mass is 9.96. The Balaban J connectivity index is 1.68. The summed E-state index contributed by atoms with van der Waals surface area (Å²) >= 11 is 0. The van der Waals surface area contributed by atoms with Crippen LogP contribution in [-0.2, 0) is 13.2 Å². The van der Waals surface area contributed by atoms with Crippen LogP contribution in [0.1, 0.15) is 37.8 Å². The fraction of sp³-hybridized carbons (Fsp3) is 0.667. The van der Waals surface area contributed by atoms with Crippen molar-refractivity contribution in [1.82, 2.24) is 10.2 Å². The van der Waals surface area contributed by atoms with Crippen molar-refractivity contribution in [3.05, 3.63) is 35.4 Å². The summed E-state index contributed by atoms with van der Waals surface area (Å²) in [5.74, 6) is 1.59. The Morgan fingerprint density at radius 2 is 1.76 bits per heavy atom. The molecule has 0 aromatic heterocycles. The monoisotopic (exact) mass is 290 g/mol. The average molecular weight is 290 g/mol. The van der Waals surface area contributed by atoms with Gasteiger partial charge in [-0.05, 0) is 62.0 Å². The van der Waals surface area contributed by atoms with Gasteiger partial charge in [-0.3, -0.25) is 4.90 Å².